The Kier molecular flexibility index (Phi) is 18.1. The van der Waals surface area contributed by atoms with Gasteiger partial charge < -0.3 is 35.3 Å². The minimum atomic E-state index is -0.206. The third-order valence-electron chi connectivity index (χ3n) is 2.89. The monoisotopic (exact) mass is 363 g/mol. The first kappa shape index (κ1) is 23.7. The summed E-state index contributed by atoms with van der Waals surface area (Å²) in [5, 5.41) is 5.43. The maximum absolute atomic E-state index is 11.4. The zero-order valence-electron chi connectivity index (χ0n) is 15.2. The van der Waals surface area contributed by atoms with Gasteiger partial charge in [0.2, 0.25) is 11.8 Å². The van der Waals surface area contributed by atoms with E-state index in [4.69, 9.17) is 24.7 Å². The van der Waals surface area contributed by atoms with Crippen LogP contribution in [0.2, 0.25) is 0 Å². The molecule has 0 aliphatic carbocycles. The Bertz CT molecular complexity index is 331. The number of carbonyl (C=O) groups excluding carboxylic acids is 2. The standard InChI is InChI=1S/C16H33N3O6/c1-2-3-5-18-15(20)13-25-12-10-23-8-6-19-16(21)14-24-11-9-22-7-4-17/h2-14,17H2,1H3,(H,18,20)(H,19,21). The van der Waals surface area contributed by atoms with Crippen LogP contribution in [-0.4, -0.2) is 84.3 Å². The summed E-state index contributed by atoms with van der Waals surface area (Å²) in [6, 6.07) is 0. The largest absolute Gasteiger partial charge is 0.378 e. The molecule has 0 saturated carbocycles. The van der Waals surface area contributed by atoms with E-state index in [0.717, 1.165) is 12.8 Å². The summed E-state index contributed by atoms with van der Waals surface area (Å²) in [7, 11) is 0. The van der Waals surface area contributed by atoms with Gasteiger partial charge in [-0.1, -0.05) is 13.3 Å². The predicted molar refractivity (Wildman–Crippen MR) is 93.3 cm³/mol. The van der Waals surface area contributed by atoms with E-state index in [1.807, 2.05) is 0 Å². The second kappa shape index (κ2) is 19.1. The number of nitrogens with two attached hydrogens (primary N) is 1. The Labute approximate surface area is 149 Å². The second-order valence-electron chi connectivity index (χ2n) is 5.17. The van der Waals surface area contributed by atoms with E-state index in [1.54, 1.807) is 0 Å². The first-order valence-electron chi connectivity index (χ1n) is 8.75. The van der Waals surface area contributed by atoms with Gasteiger partial charge in [0, 0.05) is 19.6 Å². The summed E-state index contributed by atoms with van der Waals surface area (Å²) in [6.45, 7) is 5.97. The van der Waals surface area contributed by atoms with Crippen molar-refractivity contribution in [2.24, 2.45) is 5.73 Å². The Hall–Kier alpha value is -1.26. The molecule has 0 rings (SSSR count). The molecule has 0 aliphatic heterocycles. The van der Waals surface area contributed by atoms with Crippen molar-refractivity contribution in [2.75, 3.05) is 72.5 Å². The third-order valence-corrected chi connectivity index (χ3v) is 2.89. The molecule has 0 aromatic heterocycles. The molecule has 25 heavy (non-hydrogen) atoms. The minimum absolute atomic E-state index is 0.0117. The van der Waals surface area contributed by atoms with Gasteiger partial charge in [-0.25, -0.2) is 0 Å². The molecule has 0 saturated heterocycles. The lowest BCUT2D eigenvalue weighted by atomic mass is 10.3. The molecule has 0 atom stereocenters. The normalized spacial score (nSPS) is 10.6. The smallest absolute Gasteiger partial charge is 0.246 e. The fourth-order valence-electron chi connectivity index (χ4n) is 1.62. The van der Waals surface area contributed by atoms with Gasteiger partial charge in [0.25, 0.3) is 0 Å². The van der Waals surface area contributed by atoms with Gasteiger partial charge in [0.1, 0.15) is 13.2 Å². The predicted octanol–water partition coefficient (Wildman–Crippen LogP) is -0.956. The molecule has 0 unspecified atom stereocenters. The lowest BCUT2D eigenvalue weighted by Gasteiger charge is -2.08. The van der Waals surface area contributed by atoms with E-state index in [9.17, 15) is 9.59 Å². The zero-order chi connectivity index (χ0) is 18.6. The number of nitrogens with one attached hydrogen (secondary N) is 2. The Morgan fingerprint density at radius 3 is 1.84 bits per heavy atom. The van der Waals surface area contributed by atoms with E-state index in [-0.39, 0.29) is 25.0 Å². The molecule has 9 nitrogen and oxygen atoms in total. The molecule has 9 heteroatoms. The van der Waals surface area contributed by atoms with Crippen LogP contribution in [0, 0.1) is 0 Å². The highest BCUT2D eigenvalue weighted by Crippen LogP contribution is 1.84. The molecular formula is C16H33N3O6. The average Bonchev–Trinajstić information content (AvgIpc) is 2.60. The molecule has 0 radical (unpaired) electrons. The number of carbonyl (C=O) groups is 2. The molecule has 0 spiro atoms. The maximum atomic E-state index is 11.4. The van der Waals surface area contributed by atoms with Crippen LogP contribution < -0.4 is 16.4 Å². The van der Waals surface area contributed by atoms with Crippen molar-refractivity contribution in [3.05, 3.63) is 0 Å². The highest BCUT2D eigenvalue weighted by molar-refractivity contribution is 5.77. The van der Waals surface area contributed by atoms with Crippen LogP contribution in [0.25, 0.3) is 0 Å². The van der Waals surface area contributed by atoms with Gasteiger partial charge in [-0.2, -0.15) is 0 Å². The molecule has 148 valence electrons. The first-order valence-corrected chi connectivity index (χ1v) is 8.75. The lowest BCUT2D eigenvalue weighted by molar-refractivity contribution is -0.127. The van der Waals surface area contributed by atoms with Crippen molar-refractivity contribution < 1.29 is 28.5 Å². The van der Waals surface area contributed by atoms with E-state index in [2.05, 4.69) is 17.6 Å². The Morgan fingerprint density at radius 2 is 1.28 bits per heavy atom. The quantitative estimate of drug-likeness (QED) is 0.268. The summed E-state index contributed by atoms with van der Waals surface area (Å²) >= 11 is 0. The maximum Gasteiger partial charge on any atom is 0.246 e. The van der Waals surface area contributed by atoms with E-state index in [0.29, 0.717) is 59.3 Å². The highest BCUT2D eigenvalue weighted by atomic mass is 16.5. The average molecular weight is 363 g/mol. The van der Waals surface area contributed by atoms with Gasteiger partial charge >= 0.3 is 0 Å². The number of ether oxygens (including phenoxy) is 4. The van der Waals surface area contributed by atoms with Crippen LogP contribution in [0.5, 0.6) is 0 Å². The van der Waals surface area contributed by atoms with Gasteiger partial charge in [0.15, 0.2) is 0 Å². The number of hydrogen-bond acceptors (Lipinski definition) is 7. The summed E-state index contributed by atoms with van der Waals surface area (Å²) in [4.78, 5) is 22.8. The number of unbranched alkanes of at least 4 members (excludes halogenated alkanes) is 1. The number of amides is 2. The van der Waals surface area contributed by atoms with E-state index >= 15 is 0 Å². The second-order valence-corrected chi connectivity index (χ2v) is 5.17. The lowest BCUT2D eigenvalue weighted by Crippen LogP contribution is -2.31. The van der Waals surface area contributed by atoms with Crippen LogP contribution in [0.4, 0.5) is 0 Å². The van der Waals surface area contributed by atoms with Crippen molar-refractivity contribution in [1.29, 1.82) is 0 Å². The van der Waals surface area contributed by atoms with Crippen molar-refractivity contribution >= 4 is 11.8 Å². The zero-order valence-corrected chi connectivity index (χ0v) is 15.2. The first-order chi connectivity index (χ1) is 12.2. The molecule has 0 aromatic rings. The molecule has 0 aliphatic rings. The van der Waals surface area contributed by atoms with E-state index < -0.39 is 0 Å². The van der Waals surface area contributed by atoms with Crippen LogP contribution in [0.15, 0.2) is 0 Å². The fraction of sp³-hybridized carbons (Fsp3) is 0.875. The summed E-state index contributed by atoms with van der Waals surface area (Å²) in [5.41, 5.74) is 5.27. The van der Waals surface area contributed by atoms with Crippen LogP contribution in [-0.2, 0) is 28.5 Å². The van der Waals surface area contributed by atoms with Gasteiger partial charge in [-0.15, -0.1) is 0 Å². The topological polar surface area (TPSA) is 121 Å². The molecule has 0 heterocycles. The molecule has 2 amide bonds. The molecular weight excluding hydrogens is 330 g/mol. The van der Waals surface area contributed by atoms with Crippen molar-refractivity contribution in [3.63, 3.8) is 0 Å². The van der Waals surface area contributed by atoms with Crippen molar-refractivity contribution in [2.45, 2.75) is 19.8 Å². The summed E-state index contributed by atoms with van der Waals surface area (Å²) in [6.07, 6.45) is 2.01. The SMILES string of the molecule is CCCCNC(=O)COCCOCCNC(=O)COCCOCCN. The summed E-state index contributed by atoms with van der Waals surface area (Å²) < 4.78 is 20.7. The molecule has 0 bridgehead atoms. The van der Waals surface area contributed by atoms with Crippen molar-refractivity contribution in [3.8, 4) is 0 Å². The van der Waals surface area contributed by atoms with Crippen LogP contribution in [0.3, 0.4) is 0 Å². The summed E-state index contributed by atoms with van der Waals surface area (Å²) in [5.74, 6) is -0.323. The van der Waals surface area contributed by atoms with Crippen LogP contribution in [0.1, 0.15) is 19.8 Å². The molecule has 0 fully saturated rings. The number of rotatable bonds is 18. The number of hydrogen-bond donors (Lipinski definition) is 3. The van der Waals surface area contributed by atoms with E-state index in [1.165, 1.54) is 0 Å². The molecule has 0 aromatic carbocycles. The van der Waals surface area contributed by atoms with Crippen LogP contribution >= 0.6 is 0 Å². The third kappa shape index (κ3) is 18.9. The van der Waals surface area contributed by atoms with Crippen molar-refractivity contribution in [1.82, 2.24) is 10.6 Å². The Balaban J connectivity index is 3.24. The molecule has 4 N–H and O–H groups in total. The van der Waals surface area contributed by atoms with Gasteiger partial charge in [0.05, 0.1) is 39.6 Å². The van der Waals surface area contributed by atoms with Gasteiger partial charge in [-0.3, -0.25) is 9.59 Å². The van der Waals surface area contributed by atoms with Gasteiger partial charge in [-0.05, 0) is 6.42 Å². The highest BCUT2D eigenvalue weighted by Gasteiger charge is 2.01. The minimum Gasteiger partial charge on any atom is -0.378 e. The Morgan fingerprint density at radius 1 is 0.760 bits per heavy atom. The fourth-order valence-corrected chi connectivity index (χ4v) is 1.62.